The smallest absolute Gasteiger partial charge is 0.224 e. The fourth-order valence-corrected chi connectivity index (χ4v) is 5.01. The van der Waals surface area contributed by atoms with Gasteiger partial charge in [0.1, 0.15) is 0 Å². The molecule has 2 fully saturated rings. The Bertz CT molecular complexity index is 776. The zero-order chi connectivity index (χ0) is 18.0. The lowest BCUT2D eigenvalue weighted by Crippen LogP contribution is -2.57. The van der Waals surface area contributed by atoms with Gasteiger partial charge in [0.15, 0.2) is 0 Å². The molecule has 0 spiro atoms. The van der Waals surface area contributed by atoms with Crippen LogP contribution in [0.1, 0.15) is 31.2 Å². The van der Waals surface area contributed by atoms with Crippen LogP contribution in [-0.2, 0) is 16.0 Å². The summed E-state index contributed by atoms with van der Waals surface area (Å²) in [6.45, 7) is 4.60. The first-order valence-electron chi connectivity index (χ1n) is 9.52. The average Bonchev–Trinajstić information content (AvgIpc) is 3.32. The largest absolute Gasteiger partial charge is 0.381 e. The van der Waals surface area contributed by atoms with Crippen LogP contribution < -0.4 is 5.32 Å². The number of nitrogens with one attached hydrogen (secondary N) is 2. The first-order valence-corrected chi connectivity index (χ1v) is 10.3. The van der Waals surface area contributed by atoms with Gasteiger partial charge in [-0.1, -0.05) is 22.0 Å². The number of likely N-dealkylation sites (tertiary alicyclic amines) is 1. The van der Waals surface area contributed by atoms with E-state index >= 15 is 0 Å². The van der Waals surface area contributed by atoms with Crippen molar-refractivity contribution in [3.8, 4) is 0 Å². The highest BCUT2D eigenvalue weighted by Gasteiger charge is 2.39. The lowest BCUT2D eigenvalue weighted by atomic mass is 9.88. The van der Waals surface area contributed by atoms with Crippen LogP contribution in [-0.4, -0.2) is 54.2 Å². The van der Waals surface area contributed by atoms with Gasteiger partial charge in [0.25, 0.3) is 0 Å². The van der Waals surface area contributed by atoms with Crippen LogP contribution in [0.25, 0.3) is 10.9 Å². The van der Waals surface area contributed by atoms with Crippen LogP contribution in [0.2, 0.25) is 0 Å². The van der Waals surface area contributed by atoms with Crippen molar-refractivity contribution >= 4 is 32.7 Å². The lowest BCUT2D eigenvalue weighted by Gasteiger charge is -2.44. The van der Waals surface area contributed by atoms with Crippen molar-refractivity contribution in [2.45, 2.75) is 37.6 Å². The van der Waals surface area contributed by atoms with E-state index in [1.165, 1.54) is 12.8 Å². The predicted molar refractivity (Wildman–Crippen MR) is 106 cm³/mol. The van der Waals surface area contributed by atoms with Gasteiger partial charge in [-0.3, -0.25) is 9.69 Å². The Kier molecular flexibility index (Phi) is 5.34. The van der Waals surface area contributed by atoms with Gasteiger partial charge < -0.3 is 15.0 Å². The second kappa shape index (κ2) is 7.71. The van der Waals surface area contributed by atoms with Crippen LogP contribution >= 0.6 is 15.9 Å². The molecule has 0 bridgehead atoms. The van der Waals surface area contributed by atoms with Crippen LogP contribution in [0.5, 0.6) is 0 Å². The molecule has 6 heteroatoms. The van der Waals surface area contributed by atoms with Crippen molar-refractivity contribution in [3.63, 3.8) is 0 Å². The second-order valence-corrected chi connectivity index (χ2v) is 8.32. The topological polar surface area (TPSA) is 57.4 Å². The summed E-state index contributed by atoms with van der Waals surface area (Å²) in [7, 11) is 0. The van der Waals surface area contributed by atoms with Gasteiger partial charge in [-0.25, -0.2) is 0 Å². The summed E-state index contributed by atoms with van der Waals surface area (Å²) in [6, 6.07) is 6.05. The first-order chi connectivity index (χ1) is 12.7. The van der Waals surface area contributed by atoms with E-state index < -0.39 is 0 Å². The molecule has 2 aromatic rings. The summed E-state index contributed by atoms with van der Waals surface area (Å²) in [5, 5.41) is 4.33. The van der Waals surface area contributed by atoms with Gasteiger partial charge in [0.2, 0.25) is 5.91 Å². The number of aromatic nitrogens is 1. The van der Waals surface area contributed by atoms with E-state index in [1.54, 1.807) is 0 Å². The second-order valence-electron chi connectivity index (χ2n) is 7.46. The molecular formula is C20H26BrN3O2. The number of fused-ring (bicyclic) bond motifs is 1. The quantitative estimate of drug-likeness (QED) is 0.781. The van der Waals surface area contributed by atoms with E-state index in [0.717, 1.165) is 66.6 Å². The lowest BCUT2D eigenvalue weighted by molar-refractivity contribution is -0.121. The molecule has 4 rings (SSSR count). The van der Waals surface area contributed by atoms with E-state index in [2.05, 4.69) is 31.1 Å². The molecule has 1 amide bonds. The number of hydrogen-bond acceptors (Lipinski definition) is 3. The summed E-state index contributed by atoms with van der Waals surface area (Å²) in [5.41, 5.74) is 2.16. The van der Waals surface area contributed by atoms with Gasteiger partial charge in [-0.2, -0.15) is 0 Å². The average molecular weight is 420 g/mol. The highest BCUT2D eigenvalue weighted by Crippen LogP contribution is 2.31. The molecule has 1 aromatic heterocycles. The maximum absolute atomic E-state index is 12.7. The van der Waals surface area contributed by atoms with Crippen molar-refractivity contribution in [2.75, 3.05) is 32.8 Å². The summed E-state index contributed by atoms with van der Waals surface area (Å²) < 4.78 is 6.61. The Morgan fingerprint density at radius 1 is 1.27 bits per heavy atom. The van der Waals surface area contributed by atoms with Crippen LogP contribution in [0.4, 0.5) is 0 Å². The fourth-order valence-electron chi connectivity index (χ4n) is 4.39. The summed E-state index contributed by atoms with van der Waals surface area (Å²) in [6.07, 6.45) is 6.88. The third-order valence-electron chi connectivity index (χ3n) is 5.90. The number of ether oxygens (including phenoxy) is 1. The zero-order valence-corrected chi connectivity index (χ0v) is 16.6. The van der Waals surface area contributed by atoms with Crippen LogP contribution in [0, 0.1) is 0 Å². The molecule has 0 saturated carbocycles. The number of amides is 1. The van der Waals surface area contributed by atoms with E-state index in [1.807, 2.05) is 24.4 Å². The van der Waals surface area contributed by atoms with E-state index in [4.69, 9.17) is 4.74 Å². The SMILES string of the molecule is O=C(Cc1c[nH]c2cccc(Br)c12)NCC1(N2CCCC2)CCOCC1. The molecule has 0 aliphatic carbocycles. The summed E-state index contributed by atoms with van der Waals surface area (Å²) in [4.78, 5) is 18.5. The Labute approximate surface area is 162 Å². The third-order valence-corrected chi connectivity index (χ3v) is 6.56. The molecule has 26 heavy (non-hydrogen) atoms. The zero-order valence-electron chi connectivity index (χ0n) is 15.0. The summed E-state index contributed by atoms with van der Waals surface area (Å²) in [5.74, 6) is 0.0896. The highest BCUT2D eigenvalue weighted by molar-refractivity contribution is 9.10. The first kappa shape index (κ1) is 18.0. The number of halogens is 1. The molecule has 1 aromatic carbocycles. The van der Waals surface area contributed by atoms with Gasteiger partial charge in [0, 0.05) is 46.9 Å². The molecule has 140 valence electrons. The van der Waals surface area contributed by atoms with Crippen molar-refractivity contribution in [3.05, 3.63) is 34.4 Å². The molecule has 2 saturated heterocycles. The van der Waals surface area contributed by atoms with Crippen molar-refractivity contribution < 1.29 is 9.53 Å². The number of hydrogen-bond donors (Lipinski definition) is 2. The van der Waals surface area contributed by atoms with E-state index in [0.29, 0.717) is 6.42 Å². The summed E-state index contributed by atoms with van der Waals surface area (Å²) >= 11 is 3.60. The van der Waals surface area contributed by atoms with Crippen molar-refractivity contribution in [2.24, 2.45) is 0 Å². The van der Waals surface area contributed by atoms with Crippen LogP contribution in [0.3, 0.4) is 0 Å². The molecule has 0 atom stereocenters. The molecule has 0 radical (unpaired) electrons. The van der Waals surface area contributed by atoms with E-state index in [9.17, 15) is 4.79 Å². The molecule has 5 nitrogen and oxygen atoms in total. The van der Waals surface area contributed by atoms with Crippen LogP contribution in [0.15, 0.2) is 28.9 Å². The van der Waals surface area contributed by atoms with Gasteiger partial charge in [-0.15, -0.1) is 0 Å². The Balaban J connectivity index is 1.43. The fraction of sp³-hybridized carbons (Fsp3) is 0.550. The minimum atomic E-state index is 0.0746. The monoisotopic (exact) mass is 419 g/mol. The Morgan fingerprint density at radius 3 is 2.81 bits per heavy atom. The number of benzene rings is 1. The number of carbonyl (C=O) groups is 1. The molecule has 2 aliphatic rings. The molecule has 2 N–H and O–H groups in total. The number of rotatable bonds is 5. The van der Waals surface area contributed by atoms with Crippen molar-refractivity contribution in [1.82, 2.24) is 15.2 Å². The third kappa shape index (κ3) is 3.55. The standard InChI is InChI=1S/C20H26BrN3O2/c21-16-4-3-5-17-19(16)15(13-22-17)12-18(25)23-14-20(6-10-26-11-7-20)24-8-1-2-9-24/h3-5,13,22H,1-2,6-12,14H2,(H,23,25). The maximum atomic E-state index is 12.7. The highest BCUT2D eigenvalue weighted by atomic mass is 79.9. The number of carbonyl (C=O) groups excluding carboxylic acids is 1. The molecular weight excluding hydrogens is 394 g/mol. The normalized spacial score (nSPS) is 20.5. The van der Waals surface area contributed by atoms with Gasteiger partial charge >= 0.3 is 0 Å². The molecule has 3 heterocycles. The van der Waals surface area contributed by atoms with Crippen molar-refractivity contribution in [1.29, 1.82) is 0 Å². The minimum absolute atomic E-state index is 0.0746. The number of H-pyrrole nitrogens is 1. The van der Waals surface area contributed by atoms with Gasteiger partial charge in [-0.05, 0) is 56.5 Å². The number of aromatic amines is 1. The minimum Gasteiger partial charge on any atom is -0.381 e. The molecule has 2 aliphatic heterocycles. The van der Waals surface area contributed by atoms with Gasteiger partial charge in [0.05, 0.1) is 6.42 Å². The predicted octanol–water partition coefficient (Wildman–Crippen LogP) is 3.23. The number of nitrogens with zero attached hydrogens (tertiary/aromatic N) is 1. The maximum Gasteiger partial charge on any atom is 0.224 e. The van der Waals surface area contributed by atoms with E-state index in [-0.39, 0.29) is 11.4 Å². The Hall–Kier alpha value is -1.37. The molecule has 0 unspecified atom stereocenters. The Morgan fingerprint density at radius 2 is 2.04 bits per heavy atom.